The van der Waals surface area contributed by atoms with Gasteiger partial charge in [-0.3, -0.25) is 4.79 Å². The Morgan fingerprint density at radius 1 is 1.30 bits per heavy atom. The van der Waals surface area contributed by atoms with Crippen LogP contribution in [-0.4, -0.2) is 15.8 Å². The monoisotopic (exact) mass is 289 g/mol. The topological polar surface area (TPSA) is 71.8 Å². The molecule has 1 aromatic carbocycles. The molecule has 4 nitrogen and oxygen atoms in total. The molecule has 0 unspecified atom stereocenters. The van der Waals surface area contributed by atoms with Crippen molar-refractivity contribution >= 4 is 34.1 Å². The highest BCUT2D eigenvalue weighted by Crippen LogP contribution is 2.28. The molecule has 6 heteroatoms. The van der Waals surface area contributed by atoms with E-state index in [9.17, 15) is 9.18 Å². The molecule has 0 aliphatic carbocycles. The first-order chi connectivity index (χ1) is 9.58. The van der Waals surface area contributed by atoms with Crippen molar-refractivity contribution < 1.29 is 9.18 Å². The summed E-state index contributed by atoms with van der Waals surface area (Å²) in [4.78, 5) is 19.4. The van der Waals surface area contributed by atoms with Crippen LogP contribution in [0.3, 0.4) is 0 Å². The summed E-state index contributed by atoms with van der Waals surface area (Å²) in [7, 11) is 0. The molecule has 100 valence electrons. The highest BCUT2D eigenvalue weighted by molar-refractivity contribution is 6.37. The Morgan fingerprint density at radius 3 is 2.90 bits per heavy atom. The quantitative estimate of drug-likeness (QED) is 0.562. The van der Waals surface area contributed by atoms with Crippen molar-refractivity contribution in [1.82, 2.24) is 9.97 Å². The average molecular weight is 290 g/mol. The molecule has 3 N–H and O–H groups in total. The molecule has 0 aliphatic heterocycles. The van der Waals surface area contributed by atoms with E-state index in [1.54, 1.807) is 6.07 Å². The lowest BCUT2D eigenvalue weighted by atomic mass is 10.0. The number of rotatable bonds is 2. The molecule has 0 bridgehead atoms. The predicted molar refractivity (Wildman–Crippen MR) is 75.3 cm³/mol. The van der Waals surface area contributed by atoms with E-state index in [2.05, 4.69) is 9.97 Å². The van der Waals surface area contributed by atoms with E-state index in [4.69, 9.17) is 17.3 Å². The molecule has 0 spiro atoms. The van der Waals surface area contributed by atoms with E-state index in [1.807, 2.05) is 0 Å². The number of hydrogen-bond donors (Lipinski definition) is 2. The second-order valence-corrected chi connectivity index (χ2v) is 4.69. The Balaban J connectivity index is 2.21. The molecule has 20 heavy (non-hydrogen) atoms. The summed E-state index contributed by atoms with van der Waals surface area (Å²) in [6.45, 7) is 0. The van der Waals surface area contributed by atoms with Gasteiger partial charge in [-0.15, -0.1) is 0 Å². The minimum Gasteiger partial charge on any atom is -0.398 e. The number of ketones is 1. The maximum absolute atomic E-state index is 13.3. The fourth-order valence-corrected chi connectivity index (χ4v) is 2.31. The molecule has 0 radical (unpaired) electrons. The van der Waals surface area contributed by atoms with Gasteiger partial charge in [0.25, 0.3) is 0 Å². The number of benzene rings is 1. The standard InChI is InChI=1S/C14H9ClFN3O/c15-10-3-4-18-14-12(10)9(6-19-14)13(20)8-5-7(16)1-2-11(8)17/h1-6H,17H2,(H,18,19). The first-order valence-corrected chi connectivity index (χ1v) is 6.17. The van der Waals surface area contributed by atoms with Crippen molar-refractivity contribution in [2.75, 3.05) is 5.73 Å². The largest absolute Gasteiger partial charge is 0.398 e. The lowest BCUT2D eigenvalue weighted by Gasteiger charge is -2.04. The van der Waals surface area contributed by atoms with Crippen LogP contribution in [0.5, 0.6) is 0 Å². The number of nitrogens with zero attached hydrogens (tertiary/aromatic N) is 1. The summed E-state index contributed by atoms with van der Waals surface area (Å²) >= 11 is 6.09. The molecule has 0 aliphatic rings. The van der Waals surface area contributed by atoms with Crippen molar-refractivity contribution in [3.8, 4) is 0 Å². The average Bonchev–Trinajstić information content (AvgIpc) is 2.86. The van der Waals surface area contributed by atoms with Crippen LogP contribution >= 0.6 is 11.6 Å². The van der Waals surface area contributed by atoms with Gasteiger partial charge in [0, 0.05) is 29.0 Å². The van der Waals surface area contributed by atoms with Gasteiger partial charge in [0.2, 0.25) is 0 Å². The summed E-state index contributed by atoms with van der Waals surface area (Å²) in [5.74, 6) is -0.922. The predicted octanol–water partition coefficient (Wildman–Crippen LogP) is 3.17. The SMILES string of the molecule is Nc1ccc(F)cc1C(=O)c1c[nH]c2nccc(Cl)c12. The Labute approximate surface area is 118 Å². The summed E-state index contributed by atoms with van der Waals surface area (Å²) < 4.78 is 13.3. The van der Waals surface area contributed by atoms with Gasteiger partial charge in [0.15, 0.2) is 5.78 Å². The summed E-state index contributed by atoms with van der Waals surface area (Å²) in [5, 5.41) is 0.900. The fraction of sp³-hybridized carbons (Fsp3) is 0. The zero-order valence-electron chi connectivity index (χ0n) is 10.2. The third-order valence-electron chi connectivity index (χ3n) is 3.03. The zero-order valence-corrected chi connectivity index (χ0v) is 10.9. The van der Waals surface area contributed by atoms with E-state index in [-0.39, 0.29) is 11.3 Å². The lowest BCUT2D eigenvalue weighted by Crippen LogP contribution is -2.05. The highest BCUT2D eigenvalue weighted by Gasteiger charge is 2.19. The third kappa shape index (κ3) is 1.92. The van der Waals surface area contributed by atoms with Crippen molar-refractivity contribution in [2.45, 2.75) is 0 Å². The van der Waals surface area contributed by atoms with Crippen LogP contribution in [0, 0.1) is 5.82 Å². The maximum Gasteiger partial charge on any atom is 0.197 e. The van der Waals surface area contributed by atoms with Gasteiger partial charge in [-0.1, -0.05) is 11.6 Å². The molecule has 3 rings (SSSR count). The number of nitrogen functional groups attached to an aromatic ring is 1. The van der Waals surface area contributed by atoms with Crippen LogP contribution in [0.2, 0.25) is 5.02 Å². The number of halogens is 2. The van der Waals surface area contributed by atoms with E-state index in [0.717, 1.165) is 6.07 Å². The van der Waals surface area contributed by atoms with Gasteiger partial charge in [-0.25, -0.2) is 9.37 Å². The molecule has 3 aromatic rings. The van der Waals surface area contributed by atoms with Crippen LogP contribution in [0.1, 0.15) is 15.9 Å². The number of carbonyl (C=O) groups is 1. The van der Waals surface area contributed by atoms with Gasteiger partial charge < -0.3 is 10.7 Å². The van der Waals surface area contributed by atoms with E-state index < -0.39 is 11.6 Å². The second kappa shape index (κ2) is 4.61. The number of aromatic nitrogens is 2. The number of carbonyl (C=O) groups excluding carboxylic acids is 1. The summed E-state index contributed by atoms with van der Waals surface area (Å²) in [6.07, 6.45) is 3.03. The Kier molecular flexibility index (Phi) is 2.91. The number of fused-ring (bicyclic) bond motifs is 1. The molecule has 0 fully saturated rings. The van der Waals surface area contributed by atoms with Crippen molar-refractivity contribution in [1.29, 1.82) is 0 Å². The zero-order chi connectivity index (χ0) is 14.3. The Bertz CT molecular complexity index is 828. The molecule has 0 saturated heterocycles. The molecule has 2 aromatic heterocycles. The number of pyridine rings is 1. The number of hydrogen-bond acceptors (Lipinski definition) is 3. The fourth-order valence-electron chi connectivity index (χ4n) is 2.07. The smallest absolute Gasteiger partial charge is 0.197 e. The third-order valence-corrected chi connectivity index (χ3v) is 3.34. The molecule has 0 saturated carbocycles. The van der Waals surface area contributed by atoms with Crippen molar-refractivity contribution in [3.05, 3.63) is 58.6 Å². The summed E-state index contributed by atoms with van der Waals surface area (Å²) in [5.41, 5.74) is 6.86. The highest BCUT2D eigenvalue weighted by atomic mass is 35.5. The van der Waals surface area contributed by atoms with Crippen LogP contribution in [0.4, 0.5) is 10.1 Å². The molecule has 2 heterocycles. The van der Waals surface area contributed by atoms with Gasteiger partial charge in [0.1, 0.15) is 11.5 Å². The number of nitrogens with two attached hydrogens (primary N) is 1. The molecular weight excluding hydrogens is 281 g/mol. The first-order valence-electron chi connectivity index (χ1n) is 5.79. The normalized spacial score (nSPS) is 10.9. The lowest BCUT2D eigenvalue weighted by molar-refractivity contribution is 0.104. The first kappa shape index (κ1) is 12.6. The second-order valence-electron chi connectivity index (χ2n) is 4.28. The number of anilines is 1. The number of aromatic amines is 1. The minimum absolute atomic E-state index is 0.103. The van der Waals surface area contributed by atoms with Crippen molar-refractivity contribution in [3.63, 3.8) is 0 Å². The van der Waals surface area contributed by atoms with Crippen LogP contribution in [0.25, 0.3) is 11.0 Å². The minimum atomic E-state index is -0.522. The van der Waals surface area contributed by atoms with Crippen LogP contribution < -0.4 is 5.73 Å². The van der Waals surface area contributed by atoms with E-state index >= 15 is 0 Å². The molecule has 0 amide bonds. The maximum atomic E-state index is 13.3. The van der Waals surface area contributed by atoms with E-state index in [1.165, 1.54) is 24.5 Å². The summed E-state index contributed by atoms with van der Waals surface area (Å²) in [6, 6.07) is 5.26. The van der Waals surface area contributed by atoms with E-state index in [0.29, 0.717) is 21.6 Å². The molecular formula is C14H9ClFN3O. The van der Waals surface area contributed by atoms with Crippen molar-refractivity contribution in [2.24, 2.45) is 0 Å². The number of nitrogens with one attached hydrogen (secondary N) is 1. The Morgan fingerprint density at radius 2 is 2.10 bits per heavy atom. The Hall–Kier alpha value is -2.40. The van der Waals surface area contributed by atoms with Crippen LogP contribution in [0.15, 0.2) is 36.7 Å². The van der Waals surface area contributed by atoms with Gasteiger partial charge >= 0.3 is 0 Å². The number of H-pyrrole nitrogens is 1. The van der Waals surface area contributed by atoms with Gasteiger partial charge in [-0.2, -0.15) is 0 Å². The van der Waals surface area contributed by atoms with Gasteiger partial charge in [0.05, 0.1) is 10.6 Å². The van der Waals surface area contributed by atoms with Gasteiger partial charge in [-0.05, 0) is 24.3 Å². The van der Waals surface area contributed by atoms with Crippen LogP contribution in [-0.2, 0) is 0 Å². The molecule has 0 atom stereocenters.